The van der Waals surface area contributed by atoms with Crippen LogP contribution >= 0.6 is 0 Å². The number of amides is 1. The van der Waals surface area contributed by atoms with Crippen molar-refractivity contribution in [1.82, 2.24) is 5.32 Å². The van der Waals surface area contributed by atoms with Gasteiger partial charge in [-0.05, 0) is 39.0 Å². The highest BCUT2D eigenvalue weighted by Crippen LogP contribution is 2.23. The molecule has 1 N–H and O–H groups in total. The molecule has 0 heterocycles. The molecule has 0 aliphatic heterocycles. The highest BCUT2D eigenvalue weighted by atomic mass is 19.1. The number of benzene rings is 2. The van der Waals surface area contributed by atoms with Gasteiger partial charge in [0.25, 0.3) is 5.91 Å². The first-order valence-electron chi connectivity index (χ1n) is 6.54. The van der Waals surface area contributed by atoms with E-state index < -0.39 is 5.54 Å². The van der Waals surface area contributed by atoms with Gasteiger partial charge in [0.15, 0.2) is 0 Å². The zero-order valence-corrected chi connectivity index (χ0v) is 11.9. The van der Waals surface area contributed by atoms with Crippen molar-refractivity contribution >= 4 is 5.91 Å². The lowest BCUT2D eigenvalue weighted by atomic mass is 9.93. The second-order valence-electron chi connectivity index (χ2n) is 5.43. The Hall–Kier alpha value is -2.16. The minimum absolute atomic E-state index is 0.207. The molecule has 2 aromatic rings. The largest absolute Gasteiger partial charge is 0.343 e. The van der Waals surface area contributed by atoms with Crippen LogP contribution in [0.15, 0.2) is 48.5 Å². The molecule has 0 atom stereocenters. The van der Waals surface area contributed by atoms with Crippen LogP contribution in [-0.2, 0) is 5.54 Å². The maximum absolute atomic E-state index is 13.9. The van der Waals surface area contributed by atoms with E-state index in [1.165, 1.54) is 6.07 Å². The van der Waals surface area contributed by atoms with Gasteiger partial charge in [-0.1, -0.05) is 35.9 Å². The third-order valence-corrected chi connectivity index (χ3v) is 3.25. The second-order valence-corrected chi connectivity index (χ2v) is 5.43. The molecule has 0 fully saturated rings. The van der Waals surface area contributed by atoms with Crippen LogP contribution in [0.25, 0.3) is 0 Å². The molecule has 2 rings (SSSR count). The summed E-state index contributed by atoms with van der Waals surface area (Å²) in [5, 5.41) is 2.88. The summed E-state index contributed by atoms with van der Waals surface area (Å²) >= 11 is 0. The lowest BCUT2D eigenvalue weighted by molar-refractivity contribution is 0.0910. The van der Waals surface area contributed by atoms with Crippen molar-refractivity contribution in [2.45, 2.75) is 26.3 Å². The summed E-state index contributed by atoms with van der Waals surface area (Å²) in [6, 6.07) is 13.8. The summed E-state index contributed by atoms with van der Waals surface area (Å²) in [5.41, 5.74) is 1.29. The Kier molecular flexibility index (Phi) is 3.89. The minimum Gasteiger partial charge on any atom is -0.343 e. The van der Waals surface area contributed by atoms with Crippen LogP contribution in [0, 0.1) is 12.7 Å². The van der Waals surface area contributed by atoms with Crippen molar-refractivity contribution in [3.63, 3.8) is 0 Å². The van der Waals surface area contributed by atoms with E-state index in [1.54, 1.807) is 38.1 Å². The molecule has 104 valence electrons. The molecule has 0 radical (unpaired) electrons. The number of rotatable bonds is 3. The standard InChI is InChI=1S/C17H18FNO/c1-12-7-6-8-13(11-12)16(20)19-17(2,3)14-9-4-5-10-15(14)18/h4-11H,1-3H3,(H,19,20). The number of hydrogen-bond acceptors (Lipinski definition) is 1. The van der Waals surface area contributed by atoms with E-state index >= 15 is 0 Å². The predicted octanol–water partition coefficient (Wildman–Crippen LogP) is 3.80. The smallest absolute Gasteiger partial charge is 0.251 e. The highest BCUT2D eigenvalue weighted by molar-refractivity contribution is 5.94. The number of halogens is 1. The van der Waals surface area contributed by atoms with Crippen LogP contribution in [0.5, 0.6) is 0 Å². The van der Waals surface area contributed by atoms with E-state index in [1.807, 2.05) is 25.1 Å². The molecule has 1 amide bonds. The fourth-order valence-electron chi connectivity index (χ4n) is 2.18. The Morgan fingerprint density at radius 1 is 1.10 bits per heavy atom. The van der Waals surface area contributed by atoms with Crippen LogP contribution in [0.2, 0.25) is 0 Å². The highest BCUT2D eigenvalue weighted by Gasteiger charge is 2.26. The maximum atomic E-state index is 13.9. The van der Waals surface area contributed by atoms with Gasteiger partial charge in [0.2, 0.25) is 0 Å². The third kappa shape index (κ3) is 3.05. The van der Waals surface area contributed by atoms with Gasteiger partial charge < -0.3 is 5.32 Å². The SMILES string of the molecule is Cc1cccc(C(=O)NC(C)(C)c2ccccc2F)c1. The molecular formula is C17H18FNO. The molecule has 2 aromatic carbocycles. The fraction of sp³-hybridized carbons (Fsp3) is 0.235. The van der Waals surface area contributed by atoms with Crippen LogP contribution in [0.3, 0.4) is 0 Å². The predicted molar refractivity (Wildman–Crippen MR) is 78.1 cm³/mol. The van der Waals surface area contributed by atoms with Gasteiger partial charge in [-0.2, -0.15) is 0 Å². The quantitative estimate of drug-likeness (QED) is 0.904. The third-order valence-electron chi connectivity index (χ3n) is 3.25. The van der Waals surface area contributed by atoms with Crippen LogP contribution in [-0.4, -0.2) is 5.91 Å². The summed E-state index contributed by atoms with van der Waals surface area (Å²) < 4.78 is 13.9. The molecular weight excluding hydrogens is 253 g/mol. The normalized spacial score (nSPS) is 11.2. The number of hydrogen-bond donors (Lipinski definition) is 1. The van der Waals surface area contributed by atoms with Crippen LogP contribution in [0.4, 0.5) is 4.39 Å². The van der Waals surface area contributed by atoms with Crippen molar-refractivity contribution < 1.29 is 9.18 Å². The van der Waals surface area contributed by atoms with E-state index in [9.17, 15) is 9.18 Å². The average molecular weight is 271 g/mol. The van der Waals surface area contributed by atoms with Gasteiger partial charge in [0.05, 0.1) is 5.54 Å². The molecule has 20 heavy (non-hydrogen) atoms. The Morgan fingerprint density at radius 3 is 2.45 bits per heavy atom. The fourth-order valence-corrected chi connectivity index (χ4v) is 2.18. The molecule has 2 nitrogen and oxygen atoms in total. The summed E-state index contributed by atoms with van der Waals surface area (Å²) in [4.78, 5) is 12.3. The summed E-state index contributed by atoms with van der Waals surface area (Å²) in [6.07, 6.45) is 0. The zero-order valence-electron chi connectivity index (χ0n) is 11.9. The van der Waals surface area contributed by atoms with Crippen molar-refractivity contribution in [1.29, 1.82) is 0 Å². The van der Waals surface area contributed by atoms with Crippen molar-refractivity contribution in [2.75, 3.05) is 0 Å². The lowest BCUT2D eigenvalue weighted by Gasteiger charge is -2.27. The molecule has 0 aliphatic rings. The van der Waals surface area contributed by atoms with E-state index in [4.69, 9.17) is 0 Å². The number of carbonyl (C=O) groups excluding carboxylic acids is 1. The Labute approximate surface area is 118 Å². The van der Waals surface area contributed by atoms with Gasteiger partial charge in [-0.25, -0.2) is 4.39 Å². The summed E-state index contributed by atoms with van der Waals surface area (Å²) in [7, 11) is 0. The zero-order chi connectivity index (χ0) is 14.8. The van der Waals surface area contributed by atoms with Gasteiger partial charge in [-0.15, -0.1) is 0 Å². The van der Waals surface area contributed by atoms with E-state index in [0.717, 1.165) is 5.56 Å². The number of carbonyl (C=O) groups is 1. The lowest BCUT2D eigenvalue weighted by Crippen LogP contribution is -2.41. The first kappa shape index (κ1) is 14.3. The number of nitrogens with one attached hydrogen (secondary N) is 1. The van der Waals surface area contributed by atoms with Crippen LogP contribution < -0.4 is 5.32 Å². The molecule has 0 saturated heterocycles. The monoisotopic (exact) mass is 271 g/mol. The molecule has 0 aliphatic carbocycles. The summed E-state index contributed by atoms with van der Waals surface area (Å²) in [5.74, 6) is -0.524. The first-order chi connectivity index (χ1) is 9.40. The topological polar surface area (TPSA) is 29.1 Å². The number of aryl methyl sites for hydroxylation is 1. The van der Waals surface area contributed by atoms with E-state index in [-0.39, 0.29) is 11.7 Å². The molecule has 0 unspecified atom stereocenters. The Morgan fingerprint density at radius 2 is 1.80 bits per heavy atom. The first-order valence-corrected chi connectivity index (χ1v) is 6.54. The second kappa shape index (κ2) is 5.45. The van der Waals surface area contributed by atoms with E-state index in [0.29, 0.717) is 11.1 Å². The van der Waals surface area contributed by atoms with Gasteiger partial charge in [0.1, 0.15) is 5.82 Å². The Balaban J connectivity index is 2.24. The van der Waals surface area contributed by atoms with Crippen molar-refractivity contribution in [3.05, 3.63) is 71.0 Å². The maximum Gasteiger partial charge on any atom is 0.251 e. The molecule has 0 bridgehead atoms. The van der Waals surface area contributed by atoms with E-state index in [2.05, 4.69) is 5.32 Å². The molecule has 3 heteroatoms. The molecule has 0 saturated carbocycles. The average Bonchev–Trinajstić information content (AvgIpc) is 2.38. The van der Waals surface area contributed by atoms with Crippen molar-refractivity contribution in [2.24, 2.45) is 0 Å². The van der Waals surface area contributed by atoms with Gasteiger partial charge in [0, 0.05) is 11.1 Å². The molecule has 0 aromatic heterocycles. The molecule has 0 spiro atoms. The van der Waals surface area contributed by atoms with Crippen molar-refractivity contribution in [3.8, 4) is 0 Å². The minimum atomic E-state index is -0.772. The van der Waals surface area contributed by atoms with Crippen LogP contribution in [0.1, 0.15) is 35.3 Å². The Bertz CT molecular complexity index is 634. The van der Waals surface area contributed by atoms with Gasteiger partial charge >= 0.3 is 0 Å². The van der Waals surface area contributed by atoms with Gasteiger partial charge in [-0.3, -0.25) is 4.79 Å². The summed E-state index contributed by atoms with van der Waals surface area (Å²) in [6.45, 7) is 5.51.